The minimum Gasteiger partial charge on any atom is -0.368 e. The van der Waals surface area contributed by atoms with Gasteiger partial charge in [0.15, 0.2) is 0 Å². The first kappa shape index (κ1) is 14.7. The van der Waals surface area contributed by atoms with Crippen molar-refractivity contribution < 1.29 is 0 Å². The molecular formula is C17H17ClN4. The van der Waals surface area contributed by atoms with Gasteiger partial charge in [0.1, 0.15) is 11.9 Å². The molecule has 0 spiro atoms. The topological polar surface area (TPSA) is 43.2 Å². The Morgan fingerprint density at radius 2 is 1.82 bits per heavy atom. The molecule has 1 aromatic carbocycles. The van der Waals surface area contributed by atoms with E-state index in [1.165, 1.54) is 0 Å². The summed E-state index contributed by atoms with van der Waals surface area (Å²) in [6.45, 7) is 5.42. The van der Waals surface area contributed by atoms with Crippen molar-refractivity contribution in [3.8, 4) is 6.07 Å². The molecule has 4 nitrogen and oxygen atoms in total. The number of aryl methyl sites for hydroxylation is 1. The van der Waals surface area contributed by atoms with E-state index >= 15 is 0 Å². The number of anilines is 2. The summed E-state index contributed by atoms with van der Waals surface area (Å²) in [5.74, 6) is 0.799. The van der Waals surface area contributed by atoms with Crippen LogP contribution < -0.4 is 9.80 Å². The second-order valence-corrected chi connectivity index (χ2v) is 5.83. The Morgan fingerprint density at radius 3 is 2.50 bits per heavy atom. The lowest BCUT2D eigenvalue weighted by atomic mass is 10.2. The Balaban J connectivity index is 1.75. The number of hydrogen-bond acceptors (Lipinski definition) is 4. The Kier molecular flexibility index (Phi) is 4.17. The fourth-order valence-corrected chi connectivity index (χ4v) is 2.91. The van der Waals surface area contributed by atoms with Crippen LogP contribution >= 0.6 is 11.6 Å². The van der Waals surface area contributed by atoms with E-state index in [4.69, 9.17) is 11.6 Å². The highest BCUT2D eigenvalue weighted by Crippen LogP contribution is 2.24. The maximum atomic E-state index is 9.26. The molecule has 0 unspecified atom stereocenters. The van der Waals surface area contributed by atoms with Crippen molar-refractivity contribution in [1.29, 1.82) is 5.26 Å². The van der Waals surface area contributed by atoms with Crippen molar-refractivity contribution in [3.05, 3.63) is 52.7 Å². The highest BCUT2D eigenvalue weighted by Gasteiger charge is 2.20. The van der Waals surface area contributed by atoms with Crippen LogP contribution in [0.25, 0.3) is 0 Å². The van der Waals surface area contributed by atoms with E-state index < -0.39 is 0 Å². The van der Waals surface area contributed by atoms with Crippen LogP contribution in [0.5, 0.6) is 0 Å². The number of halogens is 1. The molecule has 0 aliphatic carbocycles. The third-order valence-electron chi connectivity index (χ3n) is 3.89. The normalized spacial score (nSPS) is 14.8. The molecule has 0 saturated carbocycles. The first-order valence-electron chi connectivity index (χ1n) is 7.30. The molecule has 1 aliphatic heterocycles. The summed E-state index contributed by atoms with van der Waals surface area (Å²) < 4.78 is 0. The van der Waals surface area contributed by atoms with Gasteiger partial charge in [0.2, 0.25) is 0 Å². The predicted molar refractivity (Wildman–Crippen MR) is 89.6 cm³/mol. The molecule has 0 bridgehead atoms. The number of nitriles is 1. The third kappa shape index (κ3) is 3.00. The van der Waals surface area contributed by atoms with Gasteiger partial charge in [-0.05, 0) is 37.3 Å². The molecule has 3 rings (SSSR count). The molecule has 2 aromatic rings. The van der Waals surface area contributed by atoms with Gasteiger partial charge in [0.05, 0.1) is 5.56 Å². The van der Waals surface area contributed by atoms with Crippen LogP contribution in [0.15, 0.2) is 36.4 Å². The zero-order valence-electron chi connectivity index (χ0n) is 12.5. The fraction of sp³-hybridized carbons (Fsp3) is 0.294. The van der Waals surface area contributed by atoms with E-state index in [0.717, 1.165) is 48.4 Å². The van der Waals surface area contributed by atoms with E-state index in [1.54, 1.807) is 0 Å². The van der Waals surface area contributed by atoms with E-state index in [2.05, 4.69) is 26.9 Å². The quantitative estimate of drug-likeness (QED) is 0.854. The van der Waals surface area contributed by atoms with Gasteiger partial charge in [-0.15, -0.1) is 0 Å². The van der Waals surface area contributed by atoms with Gasteiger partial charge in [-0.25, -0.2) is 4.98 Å². The van der Waals surface area contributed by atoms with Crippen LogP contribution in [0.4, 0.5) is 11.5 Å². The van der Waals surface area contributed by atoms with Crippen LogP contribution in [-0.2, 0) is 0 Å². The van der Waals surface area contributed by atoms with E-state index in [9.17, 15) is 5.26 Å². The summed E-state index contributed by atoms with van der Waals surface area (Å²) >= 11 is 6.06. The number of benzene rings is 1. The lowest BCUT2D eigenvalue weighted by Crippen LogP contribution is -2.47. The second kappa shape index (κ2) is 6.25. The molecule has 0 radical (unpaired) electrons. The summed E-state index contributed by atoms with van der Waals surface area (Å²) in [6.07, 6.45) is 0. The summed E-state index contributed by atoms with van der Waals surface area (Å²) in [5.41, 5.74) is 2.72. The lowest BCUT2D eigenvalue weighted by Gasteiger charge is -2.37. The second-order valence-electron chi connectivity index (χ2n) is 5.39. The average molecular weight is 313 g/mol. The van der Waals surface area contributed by atoms with Gasteiger partial charge in [0, 0.05) is 42.6 Å². The molecule has 1 aromatic heterocycles. The number of aromatic nitrogens is 1. The zero-order valence-corrected chi connectivity index (χ0v) is 13.2. The van der Waals surface area contributed by atoms with Crippen LogP contribution in [-0.4, -0.2) is 31.2 Å². The number of hydrogen-bond donors (Lipinski definition) is 0. The number of piperazine rings is 1. The van der Waals surface area contributed by atoms with Crippen molar-refractivity contribution in [1.82, 2.24) is 4.98 Å². The van der Waals surface area contributed by atoms with Gasteiger partial charge >= 0.3 is 0 Å². The van der Waals surface area contributed by atoms with Gasteiger partial charge in [-0.2, -0.15) is 5.26 Å². The Labute approximate surface area is 135 Å². The van der Waals surface area contributed by atoms with E-state index in [-0.39, 0.29) is 0 Å². The van der Waals surface area contributed by atoms with Gasteiger partial charge in [-0.3, -0.25) is 0 Å². The Hall–Kier alpha value is -2.25. The standard InChI is InChI=1S/C17H17ClN4/c1-13-5-6-14(12-19)17(20-13)22-9-7-21(8-10-22)16-4-2-3-15(18)11-16/h2-6,11H,7-10H2,1H3. The van der Waals surface area contributed by atoms with E-state index in [1.807, 2.05) is 37.3 Å². The molecule has 112 valence electrons. The minimum absolute atomic E-state index is 0.641. The zero-order chi connectivity index (χ0) is 15.5. The van der Waals surface area contributed by atoms with Crippen LogP contribution in [0, 0.1) is 18.3 Å². The summed E-state index contributed by atoms with van der Waals surface area (Å²) in [7, 11) is 0. The van der Waals surface area contributed by atoms with Crippen molar-refractivity contribution >= 4 is 23.1 Å². The maximum Gasteiger partial charge on any atom is 0.146 e. The molecule has 5 heteroatoms. The Bertz CT molecular complexity index is 715. The van der Waals surface area contributed by atoms with Crippen LogP contribution in [0.1, 0.15) is 11.3 Å². The monoisotopic (exact) mass is 312 g/mol. The van der Waals surface area contributed by atoms with E-state index in [0.29, 0.717) is 5.56 Å². The molecule has 1 saturated heterocycles. The number of pyridine rings is 1. The fourth-order valence-electron chi connectivity index (χ4n) is 2.72. The van der Waals surface area contributed by atoms with Crippen LogP contribution in [0.3, 0.4) is 0 Å². The molecule has 1 fully saturated rings. The summed E-state index contributed by atoms with van der Waals surface area (Å²) in [6, 6.07) is 13.9. The molecule has 0 amide bonds. The lowest BCUT2D eigenvalue weighted by molar-refractivity contribution is 0.646. The van der Waals surface area contributed by atoms with Crippen molar-refractivity contribution in [2.45, 2.75) is 6.92 Å². The van der Waals surface area contributed by atoms with Crippen molar-refractivity contribution in [2.24, 2.45) is 0 Å². The summed E-state index contributed by atoms with van der Waals surface area (Å²) in [4.78, 5) is 9.04. The SMILES string of the molecule is Cc1ccc(C#N)c(N2CCN(c3cccc(Cl)c3)CC2)n1. The van der Waals surface area contributed by atoms with Crippen molar-refractivity contribution in [2.75, 3.05) is 36.0 Å². The minimum atomic E-state index is 0.641. The highest BCUT2D eigenvalue weighted by molar-refractivity contribution is 6.30. The van der Waals surface area contributed by atoms with Gasteiger partial charge < -0.3 is 9.80 Å². The largest absolute Gasteiger partial charge is 0.368 e. The summed E-state index contributed by atoms with van der Waals surface area (Å²) in [5, 5.41) is 10.0. The average Bonchev–Trinajstić information content (AvgIpc) is 2.55. The van der Waals surface area contributed by atoms with Crippen molar-refractivity contribution in [3.63, 3.8) is 0 Å². The Morgan fingerprint density at radius 1 is 1.09 bits per heavy atom. The number of rotatable bonds is 2. The van der Waals surface area contributed by atoms with Gasteiger partial charge in [0.25, 0.3) is 0 Å². The smallest absolute Gasteiger partial charge is 0.146 e. The molecule has 0 atom stereocenters. The molecule has 2 heterocycles. The highest BCUT2D eigenvalue weighted by atomic mass is 35.5. The van der Waals surface area contributed by atoms with Crippen LogP contribution in [0.2, 0.25) is 5.02 Å². The molecule has 0 N–H and O–H groups in total. The first-order valence-corrected chi connectivity index (χ1v) is 7.68. The molecular weight excluding hydrogens is 296 g/mol. The van der Waals surface area contributed by atoms with Gasteiger partial charge in [-0.1, -0.05) is 17.7 Å². The first-order chi connectivity index (χ1) is 10.7. The predicted octanol–water partition coefficient (Wildman–Crippen LogP) is 3.24. The number of nitrogens with zero attached hydrogens (tertiary/aromatic N) is 4. The maximum absolute atomic E-state index is 9.26. The third-order valence-corrected chi connectivity index (χ3v) is 4.12. The molecule has 22 heavy (non-hydrogen) atoms. The molecule has 1 aliphatic rings.